The maximum atomic E-state index is 14.4. The van der Waals surface area contributed by atoms with Gasteiger partial charge in [-0.05, 0) is 140 Å². The summed E-state index contributed by atoms with van der Waals surface area (Å²) in [5.41, 5.74) is 8.57. The highest BCUT2D eigenvalue weighted by molar-refractivity contribution is 9.10. The second-order valence-electron chi connectivity index (χ2n) is 17.3. The van der Waals surface area contributed by atoms with Gasteiger partial charge in [0.1, 0.15) is 0 Å². The van der Waals surface area contributed by atoms with Crippen molar-refractivity contribution in [1.82, 2.24) is 49.1 Å². The van der Waals surface area contributed by atoms with Crippen molar-refractivity contribution in [1.29, 1.82) is 0 Å². The number of nitrogens with zero attached hydrogens (tertiary/aromatic N) is 9. The fourth-order valence-electron chi connectivity index (χ4n) is 9.23. The van der Waals surface area contributed by atoms with Crippen molar-refractivity contribution in [3.8, 4) is 11.4 Å². The van der Waals surface area contributed by atoms with Gasteiger partial charge < -0.3 is 20.9 Å². The van der Waals surface area contributed by atoms with Crippen LogP contribution in [0, 0.1) is 6.92 Å². The Morgan fingerprint density at radius 3 is 2.26 bits per heavy atom. The Balaban J connectivity index is 0.965. The monoisotopic (exact) mass is 984 g/mol. The molecule has 2 aliphatic heterocycles. The average molecular weight is 987 g/mol. The molecule has 14 nitrogen and oxygen atoms in total. The number of aryl methyl sites for hydroxylation is 2. The van der Waals surface area contributed by atoms with Crippen LogP contribution in [0.2, 0.25) is 10.0 Å². The number of fused-ring (bicyclic) bond motifs is 3. The highest BCUT2D eigenvalue weighted by Gasteiger charge is 2.23. The van der Waals surface area contributed by atoms with E-state index in [1.165, 1.54) is 15.7 Å². The van der Waals surface area contributed by atoms with E-state index in [0.29, 0.717) is 72.8 Å². The van der Waals surface area contributed by atoms with E-state index >= 15 is 0 Å². The van der Waals surface area contributed by atoms with E-state index < -0.39 is 0 Å². The van der Waals surface area contributed by atoms with Crippen molar-refractivity contribution < 1.29 is 0 Å². The molecule has 17 heteroatoms. The zero-order valence-electron chi connectivity index (χ0n) is 36.7. The van der Waals surface area contributed by atoms with Crippen molar-refractivity contribution in [2.24, 2.45) is 0 Å². The first kappa shape index (κ1) is 43.9. The molecule has 8 aromatic rings. The Labute approximate surface area is 399 Å². The topological polar surface area (TPSA) is 153 Å². The largest absolute Gasteiger partial charge is 0.324 e. The summed E-state index contributed by atoms with van der Waals surface area (Å²) in [4.78, 5) is 49.9. The van der Waals surface area contributed by atoms with Gasteiger partial charge in [0.05, 0.1) is 65.6 Å². The molecule has 1 unspecified atom stereocenters. The predicted molar refractivity (Wildman–Crippen MR) is 266 cm³/mol. The van der Waals surface area contributed by atoms with Gasteiger partial charge in [-0.2, -0.15) is 5.10 Å². The summed E-state index contributed by atoms with van der Waals surface area (Å²) in [5, 5.41) is 16.1. The predicted octanol–water partition coefficient (Wildman–Crippen LogP) is 9.58. The van der Waals surface area contributed by atoms with E-state index in [2.05, 4.69) is 84.0 Å². The highest BCUT2D eigenvalue weighted by atomic mass is 79.9. The molecular formula is C49H47BrCl2N12O2. The molecule has 2 aliphatic rings. The standard InChI is InChI=1S/C49H47BrCl2N12O2/c1-28(10-11-31-7-4-6-29(2)44(31)63-27-39(50)43-37(47(63)66)24-55-48(60-43)57-33-13-12-30-14-17-53-21-32(30)20-33)38-26-62(45-40(51)8-5-9-41(45)52)46(65)36-23-54-49(59-42(36)38)58-34-22-56-64(25-34)35-15-18-61(3)19-16-35/h4-9,12-13,20,22-28,35,53H,10-11,14-19,21H2,1-3H3,(H,54,58,59)(H,55,57,60). The molecule has 66 heavy (non-hydrogen) atoms. The van der Waals surface area contributed by atoms with Crippen molar-refractivity contribution in [3.63, 3.8) is 0 Å². The number of para-hydroxylation sites is 2. The molecule has 5 aromatic heterocycles. The first-order chi connectivity index (χ1) is 32.0. The smallest absolute Gasteiger partial charge is 0.266 e. The van der Waals surface area contributed by atoms with E-state index in [-0.39, 0.29) is 17.0 Å². The molecule has 1 fully saturated rings. The third kappa shape index (κ3) is 8.61. The number of anilines is 4. The lowest BCUT2D eigenvalue weighted by Crippen LogP contribution is -2.31. The van der Waals surface area contributed by atoms with Gasteiger partial charge in [-0.3, -0.25) is 23.4 Å². The number of hydrogen-bond acceptors (Lipinski definition) is 11. The van der Waals surface area contributed by atoms with E-state index in [0.717, 1.165) is 79.2 Å². The first-order valence-corrected chi connectivity index (χ1v) is 23.7. The van der Waals surface area contributed by atoms with Crippen LogP contribution < -0.4 is 27.1 Å². The molecule has 3 N–H and O–H groups in total. The lowest BCUT2D eigenvalue weighted by atomic mass is 9.92. The Bertz CT molecular complexity index is 3270. The third-order valence-electron chi connectivity index (χ3n) is 12.9. The minimum absolute atomic E-state index is 0.144. The Hall–Kier alpha value is -5.97. The van der Waals surface area contributed by atoms with Gasteiger partial charge in [-0.25, -0.2) is 19.9 Å². The number of likely N-dealkylation sites (tertiary alicyclic amines) is 1. The van der Waals surface area contributed by atoms with Gasteiger partial charge in [-0.15, -0.1) is 0 Å². The molecule has 336 valence electrons. The number of pyridine rings is 2. The summed E-state index contributed by atoms with van der Waals surface area (Å²) >= 11 is 17.2. The minimum atomic E-state index is -0.345. The summed E-state index contributed by atoms with van der Waals surface area (Å²) in [6.07, 6.45) is 14.8. The molecule has 1 atom stereocenters. The summed E-state index contributed by atoms with van der Waals surface area (Å²) in [7, 11) is 2.14. The lowest BCUT2D eigenvalue weighted by Gasteiger charge is -2.28. The van der Waals surface area contributed by atoms with Crippen molar-refractivity contribution in [3.05, 3.63) is 155 Å². The second kappa shape index (κ2) is 18.4. The van der Waals surface area contributed by atoms with Crippen LogP contribution in [0.1, 0.15) is 66.0 Å². The Kier molecular flexibility index (Phi) is 12.2. The van der Waals surface area contributed by atoms with Crippen LogP contribution in [0.4, 0.5) is 23.3 Å². The lowest BCUT2D eigenvalue weighted by molar-refractivity contribution is 0.212. The van der Waals surface area contributed by atoms with E-state index in [1.807, 2.05) is 36.0 Å². The number of aromatic nitrogens is 8. The molecule has 0 radical (unpaired) electrons. The molecule has 0 amide bonds. The second-order valence-corrected chi connectivity index (χ2v) is 19.0. The highest BCUT2D eigenvalue weighted by Crippen LogP contribution is 2.34. The third-order valence-corrected chi connectivity index (χ3v) is 14.1. The Morgan fingerprint density at radius 1 is 0.818 bits per heavy atom. The maximum absolute atomic E-state index is 14.4. The summed E-state index contributed by atoms with van der Waals surface area (Å²) in [6, 6.07) is 17.8. The van der Waals surface area contributed by atoms with Crippen molar-refractivity contribution in [2.75, 3.05) is 37.3 Å². The maximum Gasteiger partial charge on any atom is 0.266 e. The van der Waals surface area contributed by atoms with Gasteiger partial charge >= 0.3 is 0 Å². The van der Waals surface area contributed by atoms with Gasteiger partial charge in [0.2, 0.25) is 11.9 Å². The molecule has 0 saturated carbocycles. The number of rotatable bonds is 11. The van der Waals surface area contributed by atoms with Gasteiger partial charge in [-0.1, -0.05) is 60.5 Å². The number of benzene rings is 3. The van der Waals surface area contributed by atoms with Crippen LogP contribution in [-0.4, -0.2) is 70.4 Å². The van der Waals surface area contributed by atoms with Gasteiger partial charge in [0.15, 0.2) is 0 Å². The molecule has 1 saturated heterocycles. The summed E-state index contributed by atoms with van der Waals surface area (Å²) in [5.74, 6) is 0.601. The van der Waals surface area contributed by atoms with Crippen LogP contribution in [0.3, 0.4) is 0 Å². The van der Waals surface area contributed by atoms with Crippen molar-refractivity contribution >= 4 is 84.2 Å². The molecule has 10 rings (SSSR count). The SMILES string of the molecule is Cc1cccc(CCC(C)c2cn(-c3c(Cl)cccc3Cl)c(=O)c3cnc(Nc4cnn(C5CCN(C)CC5)c4)nc23)c1-n1cc(Br)c2nc(Nc3ccc4c(c3)CNCC4)ncc2c1=O. The van der Waals surface area contributed by atoms with Gasteiger partial charge in [0.25, 0.3) is 11.1 Å². The van der Waals surface area contributed by atoms with Crippen LogP contribution >= 0.6 is 39.1 Å². The normalized spacial score (nSPS) is 15.0. The minimum Gasteiger partial charge on any atom is -0.324 e. The summed E-state index contributed by atoms with van der Waals surface area (Å²) < 4.78 is 5.85. The van der Waals surface area contributed by atoms with Crippen LogP contribution in [0.15, 0.2) is 106 Å². The first-order valence-electron chi connectivity index (χ1n) is 22.1. The molecule has 7 heterocycles. The molecule has 0 spiro atoms. The number of piperidine rings is 1. The average Bonchev–Trinajstić information content (AvgIpc) is 3.78. The molecular weight excluding hydrogens is 939 g/mol. The van der Waals surface area contributed by atoms with E-state index in [1.54, 1.807) is 53.8 Å². The number of halogens is 3. The van der Waals surface area contributed by atoms with E-state index in [9.17, 15) is 9.59 Å². The zero-order valence-corrected chi connectivity index (χ0v) is 39.8. The number of nitrogens with one attached hydrogen (secondary N) is 3. The Morgan fingerprint density at radius 2 is 1.50 bits per heavy atom. The van der Waals surface area contributed by atoms with Crippen LogP contribution in [0.25, 0.3) is 33.2 Å². The molecule has 0 aliphatic carbocycles. The quantitative estimate of drug-likeness (QED) is 0.114. The molecule has 3 aromatic carbocycles. The van der Waals surface area contributed by atoms with Crippen molar-refractivity contribution in [2.45, 2.75) is 64.5 Å². The fraction of sp³-hybridized carbons (Fsp3) is 0.286. The van der Waals surface area contributed by atoms with Crippen LogP contribution in [-0.2, 0) is 19.4 Å². The van der Waals surface area contributed by atoms with Gasteiger partial charge in [0, 0.05) is 43.2 Å². The van der Waals surface area contributed by atoms with E-state index in [4.69, 9.17) is 33.2 Å². The van der Waals surface area contributed by atoms with Crippen LogP contribution in [0.5, 0.6) is 0 Å². The fourth-order valence-corrected chi connectivity index (χ4v) is 10.3. The summed E-state index contributed by atoms with van der Waals surface area (Å²) in [6.45, 7) is 7.95. The number of hydrogen-bond donors (Lipinski definition) is 3. The molecule has 0 bridgehead atoms. The zero-order chi connectivity index (χ0) is 45.6.